The van der Waals surface area contributed by atoms with Crippen LogP contribution in [0.15, 0.2) is 126 Å². The number of anilines is 4. The molecule has 0 unspecified atom stereocenters. The van der Waals surface area contributed by atoms with Crippen LogP contribution in [0.2, 0.25) is 0 Å². The van der Waals surface area contributed by atoms with Crippen molar-refractivity contribution in [1.29, 1.82) is 0 Å². The molecule has 37 heteroatoms. The Hall–Kier alpha value is -0.490. The summed E-state index contributed by atoms with van der Waals surface area (Å²) in [7, 11) is -32.9. The number of urea groups is 1. The molecule has 4 N–H and O–H groups in total. The number of benzene rings is 6. The number of carbonyl (C=O) groups excluding carboxylic acids is 3. The van der Waals surface area contributed by atoms with Gasteiger partial charge >= 0.3 is 183 Å². The van der Waals surface area contributed by atoms with Crippen molar-refractivity contribution in [3.8, 4) is 0 Å². The summed E-state index contributed by atoms with van der Waals surface area (Å²) in [5.41, 5.74) is -2.02. The molecule has 25 nitrogen and oxygen atoms in total. The van der Waals surface area contributed by atoms with Crippen LogP contribution in [0.1, 0.15) is 20.7 Å². The van der Waals surface area contributed by atoms with E-state index < -0.39 is 141 Å². The van der Waals surface area contributed by atoms with E-state index in [0.29, 0.717) is 36.4 Å². The molecule has 0 atom stereocenters. The summed E-state index contributed by atoms with van der Waals surface area (Å²) in [4.78, 5) is 31.8. The van der Waals surface area contributed by atoms with Crippen LogP contribution in [0.5, 0.6) is 0 Å². The Morgan fingerprint density at radius 1 is 0.333 bits per heavy atom. The van der Waals surface area contributed by atoms with E-state index in [1.165, 1.54) is 0 Å². The van der Waals surface area contributed by atoms with Crippen LogP contribution < -0.4 is 199 Å². The van der Waals surface area contributed by atoms with Gasteiger partial charge in [-0.1, -0.05) is 0 Å². The zero-order chi connectivity index (χ0) is 49.1. The third-order valence-corrected chi connectivity index (χ3v) is 13.9. The molecule has 0 heterocycles. The van der Waals surface area contributed by atoms with Crippen LogP contribution >= 0.6 is 0 Å². The smallest absolute Gasteiger partial charge is 0.744 e. The summed E-state index contributed by atoms with van der Waals surface area (Å²) in [6.07, 6.45) is 0. The van der Waals surface area contributed by atoms with Crippen molar-refractivity contribution in [3.05, 3.63) is 108 Å². The van der Waals surface area contributed by atoms with Crippen LogP contribution in [0, 0.1) is 0 Å². The number of fused-ring (bicyclic) bond motifs is 2. The number of hydrogen-bond acceptors (Lipinski definition) is 21. The van der Waals surface area contributed by atoms with E-state index in [1.807, 2.05) is 0 Å². The molecule has 0 bridgehead atoms. The van der Waals surface area contributed by atoms with Crippen molar-refractivity contribution >= 4 is 123 Å². The van der Waals surface area contributed by atoms with Gasteiger partial charge in [0.15, 0.2) is 0 Å². The van der Waals surface area contributed by atoms with Gasteiger partial charge in [0.25, 0.3) is 11.8 Å². The van der Waals surface area contributed by atoms with Gasteiger partial charge in [0.05, 0.1) is 40.7 Å². The minimum Gasteiger partial charge on any atom is -0.744 e. The van der Waals surface area contributed by atoms with Crippen LogP contribution in [0.25, 0.3) is 21.5 Å². The van der Waals surface area contributed by atoms with Gasteiger partial charge in [-0.05, 0) is 108 Å². The first kappa shape index (κ1) is 71.5. The van der Waals surface area contributed by atoms with Gasteiger partial charge in [-0.25, -0.2) is 55.3 Å². The SMILES string of the molecule is O=C(Nc1ccc(C(=O)Nc2cc(S(=O)(=O)[O-])cc3cc(S(=O)(=O)[O-])cc(S(=O)(=O)[O-])c23)cc1)Nc1ccc(C(=O)Nc2cc(S(=O)(=O)[O-])cc3cc(S(=O)(=O)[O-])cc(S(=O)(=O)[O-])c23)cc1.[Na+].[Na+].[Na+].[Na+].[Na+].[Na+]. The number of nitrogens with one attached hydrogen (secondary N) is 4. The quantitative estimate of drug-likeness (QED) is 0.0653. The summed E-state index contributed by atoms with van der Waals surface area (Å²) in [5.74, 6) is -2.25. The Labute approximate surface area is 542 Å². The van der Waals surface area contributed by atoms with Crippen molar-refractivity contribution < 1.29 is 270 Å². The predicted molar refractivity (Wildman–Crippen MR) is 217 cm³/mol. The molecular formula is C35H20N4Na6O21S6. The fourth-order valence-electron chi connectivity index (χ4n) is 6.11. The number of hydrogen-bond donors (Lipinski definition) is 4. The minimum atomic E-state index is -5.63. The Morgan fingerprint density at radius 3 is 0.819 bits per heavy atom. The van der Waals surface area contributed by atoms with Crippen LogP contribution in [-0.4, -0.2) is 95.7 Å². The van der Waals surface area contributed by atoms with E-state index >= 15 is 0 Å². The second-order valence-electron chi connectivity index (χ2n) is 13.3. The van der Waals surface area contributed by atoms with E-state index in [-0.39, 0.29) is 212 Å². The molecular weight excluding hydrogens is 1140 g/mol. The summed E-state index contributed by atoms with van der Waals surface area (Å²) >= 11 is 0. The van der Waals surface area contributed by atoms with Crippen molar-refractivity contribution in [2.45, 2.75) is 29.4 Å². The molecule has 6 rings (SSSR count). The van der Waals surface area contributed by atoms with Crippen LogP contribution in [-0.2, 0) is 60.7 Å². The Kier molecular flexibility index (Phi) is 26.7. The van der Waals surface area contributed by atoms with Crippen molar-refractivity contribution in [3.63, 3.8) is 0 Å². The molecule has 0 saturated heterocycles. The first-order valence-corrected chi connectivity index (χ1v) is 25.5. The Morgan fingerprint density at radius 2 is 0.583 bits per heavy atom. The largest absolute Gasteiger partial charge is 1.00 e. The van der Waals surface area contributed by atoms with Crippen molar-refractivity contribution in [2.75, 3.05) is 21.3 Å². The van der Waals surface area contributed by atoms with Crippen molar-refractivity contribution in [2.24, 2.45) is 0 Å². The molecule has 0 aliphatic heterocycles. The van der Waals surface area contributed by atoms with Gasteiger partial charge in [0.2, 0.25) is 0 Å². The van der Waals surface area contributed by atoms with E-state index in [0.717, 1.165) is 48.5 Å². The topological polar surface area (TPSA) is 443 Å². The molecule has 0 spiro atoms. The molecule has 0 radical (unpaired) electrons. The molecule has 6 aromatic rings. The summed E-state index contributed by atoms with van der Waals surface area (Å²) in [6.45, 7) is 0. The molecule has 0 aromatic heterocycles. The molecule has 4 amide bonds. The zero-order valence-corrected chi connectivity index (χ0v) is 54.7. The third-order valence-electron chi connectivity index (χ3n) is 8.92. The monoisotopic (exact) mass is 1160 g/mol. The first-order valence-electron chi connectivity index (χ1n) is 17.1. The van der Waals surface area contributed by atoms with E-state index in [1.54, 1.807) is 0 Å². The number of rotatable bonds is 12. The summed E-state index contributed by atoms with van der Waals surface area (Å²) < 4.78 is 214. The van der Waals surface area contributed by atoms with E-state index in [2.05, 4.69) is 21.3 Å². The van der Waals surface area contributed by atoms with Gasteiger partial charge in [0.1, 0.15) is 60.7 Å². The van der Waals surface area contributed by atoms with Crippen molar-refractivity contribution in [1.82, 2.24) is 0 Å². The van der Waals surface area contributed by atoms with Gasteiger partial charge in [-0.2, -0.15) is 0 Å². The zero-order valence-electron chi connectivity index (χ0n) is 37.8. The maximum atomic E-state index is 13.2. The standard InChI is InChI=1S/C35H26N4O21S6.6Na/c40-33(38-27-13-23(61(43,44)45)9-19-11-25(63(49,50)51)15-29(31(19)27)65(55,56)57)17-1-5-21(6-2-17)36-35(42)37-22-7-3-18(4-8-22)34(41)39-28-14-24(62(46,47)48)10-20-12-26(64(52,53)54)16-30(32(20)28)66(58,59)60;;;;;;/h1-16H,(H,38,40)(H,39,41)(H2,36,37,42)(H,43,44,45)(H,46,47,48)(H,49,50,51)(H,52,53,54)(H,55,56,57)(H,58,59,60);;;;;;/q;6*+1/p-6. The molecule has 0 aliphatic rings. The Bertz CT molecular complexity index is 3560. The number of amides is 4. The Balaban J connectivity index is 0.00000840. The van der Waals surface area contributed by atoms with Gasteiger partial charge in [-0.3, -0.25) is 9.59 Å². The first-order chi connectivity index (χ1) is 30.2. The van der Waals surface area contributed by atoms with Crippen LogP contribution in [0.4, 0.5) is 27.5 Å². The molecule has 0 fully saturated rings. The average molecular weight is 1160 g/mol. The van der Waals surface area contributed by atoms with E-state index in [9.17, 15) is 92.2 Å². The molecule has 72 heavy (non-hydrogen) atoms. The minimum absolute atomic E-state index is 0. The molecule has 6 aromatic carbocycles. The molecule has 0 aliphatic carbocycles. The fraction of sp³-hybridized carbons (Fsp3) is 0. The maximum Gasteiger partial charge on any atom is 1.00 e. The second kappa shape index (κ2) is 26.9. The average Bonchev–Trinajstić information content (AvgIpc) is 3.18. The predicted octanol–water partition coefficient (Wildman–Crippen LogP) is -16.4. The van der Waals surface area contributed by atoms with Gasteiger partial charge in [-0.15, -0.1) is 0 Å². The maximum absolute atomic E-state index is 13.2. The number of carbonyl (C=O) groups is 3. The normalized spacial score (nSPS) is 11.6. The molecule has 348 valence electrons. The fourth-order valence-corrected chi connectivity index (χ4v) is 9.89. The third kappa shape index (κ3) is 17.8. The van der Waals surface area contributed by atoms with E-state index in [4.69, 9.17) is 0 Å². The van der Waals surface area contributed by atoms with Crippen LogP contribution in [0.3, 0.4) is 0 Å². The van der Waals surface area contributed by atoms with Gasteiger partial charge in [0, 0.05) is 33.3 Å². The molecule has 0 saturated carbocycles. The summed E-state index contributed by atoms with van der Waals surface area (Å²) in [5, 5.41) is 6.12. The second-order valence-corrected chi connectivity index (χ2v) is 21.6. The summed E-state index contributed by atoms with van der Waals surface area (Å²) in [6, 6.07) is 11.4. The van der Waals surface area contributed by atoms with Gasteiger partial charge < -0.3 is 48.6 Å².